The number of carbonyl (C=O) groups is 1. The summed E-state index contributed by atoms with van der Waals surface area (Å²) in [6.45, 7) is 3.01. The van der Waals surface area contributed by atoms with Crippen LogP contribution in [0, 0.1) is 0 Å². The van der Waals surface area contributed by atoms with Crippen LogP contribution < -0.4 is 15.8 Å². The maximum absolute atomic E-state index is 13.1. The van der Waals surface area contributed by atoms with E-state index < -0.39 is 15.9 Å². The zero-order chi connectivity index (χ0) is 21.1. The van der Waals surface area contributed by atoms with Crippen LogP contribution in [-0.4, -0.2) is 63.0 Å². The maximum atomic E-state index is 13.1. The van der Waals surface area contributed by atoms with Crippen molar-refractivity contribution < 1.29 is 17.9 Å². The van der Waals surface area contributed by atoms with Crippen molar-refractivity contribution in [2.75, 3.05) is 49.6 Å². The van der Waals surface area contributed by atoms with Crippen LogP contribution in [-0.2, 0) is 14.8 Å². The maximum Gasteiger partial charge on any atom is 0.257 e. The number of nitrogens with zero attached hydrogens (tertiary/aromatic N) is 2. The topological polar surface area (TPSA) is 112 Å². The first-order chi connectivity index (χ1) is 14.4. The summed E-state index contributed by atoms with van der Waals surface area (Å²) < 4.78 is 32.8. The third kappa shape index (κ3) is 4.25. The largest absolute Gasteiger partial charge is 0.379 e. The first-order valence-corrected chi connectivity index (χ1v) is 11.4. The number of pyridine rings is 1. The standard InChI is InChI=1S/C20H24N4O5S/c25-19-6-3-15(14-21-19)20(26)22-17-13-16(4-5-18(17)23-7-1-2-8-23)30(27,28)24-9-11-29-12-10-24/h3-6,13-14H,1-2,7-12H2,(H,21,25)(H,22,26). The van der Waals surface area contributed by atoms with E-state index in [1.54, 1.807) is 12.1 Å². The molecule has 1 aromatic heterocycles. The fourth-order valence-corrected chi connectivity index (χ4v) is 5.13. The van der Waals surface area contributed by atoms with Gasteiger partial charge in [-0.3, -0.25) is 9.59 Å². The van der Waals surface area contributed by atoms with Crippen LogP contribution in [0.2, 0.25) is 0 Å². The first-order valence-electron chi connectivity index (χ1n) is 9.92. The highest BCUT2D eigenvalue weighted by Crippen LogP contribution is 2.32. The van der Waals surface area contributed by atoms with Crippen molar-refractivity contribution in [3.05, 3.63) is 52.4 Å². The average molecular weight is 433 g/mol. The van der Waals surface area contributed by atoms with Crippen molar-refractivity contribution in [1.82, 2.24) is 9.29 Å². The third-order valence-electron chi connectivity index (χ3n) is 5.32. The van der Waals surface area contributed by atoms with Gasteiger partial charge < -0.3 is 19.9 Å². The fourth-order valence-electron chi connectivity index (χ4n) is 3.69. The summed E-state index contributed by atoms with van der Waals surface area (Å²) in [4.78, 5) is 28.7. The number of amides is 1. The lowest BCUT2D eigenvalue weighted by atomic mass is 10.2. The number of rotatable bonds is 5. The molecule has 2 fully saturated rings. The van der Waals surface area contributed by atoms with E-state index in [1.807, 2.05) is 0 Å². The molecule has 1 amide bonds. The minimum Gasteiger partial charge on any atom is -0.379 e. The molecule has 2 aliphatic heterocycles. The van der Waals surface area contributed by atoms with Crippen LogP contribution >= 0.6 is 0 Å². The number of carbonyl (C=O) groups excluding carboxylic acids is 1. The lowest BCUT2D eigenvalue weighted by Gasteiger charge is -2.27. The van der Waals surface area contributed by atoms with Crippen molar-refractivity contribution in [1.29, 1.82) is 0 Å². The van der Waals surface area contributed by atoms with E-state index in [4.69, 9.17) is 4.74 Å². The molecule has 4 rings (SSSR count). The number of nitrogens with one attached hydrogen (secondary N) is 2. The van der Waals surface area contributed by atoms with Crippen LogP contribution in [0.3, 0.4) is 0 Å². The average Bonchev–Trinajstić information content (AvgIpc) is 3.29. The predicted molar refractivity (Wildman–Crippen MR) is 112 cm³/mol. The Labute approximate surface area is 174 Å². The second kappa shape index (κ2) is 8.58. The molecule has 2 aromatic rings. The lowest BCUT2D eigenvalue weighted by Crippen LogP contribution is -2.40. The number of ether oxygens (including phenoxy) is 1. The van der Waals surface area contributed by atoms with Gasteiger partial charge in [-0.2, -0.15) is 4.31 Å². The molecule has 0 radical (unpaired) electrons. The van der Waals surface area contributed by atoms with Gasteiger partial charge in [-0.05, 0) is 37.1 Å². The van der Waals surface area contributed by atoms with E-state index in [0.29, 0.717) is 32.0 Å². The minimum absolute atomic E-state index is 0.129. The van der Waals surface area contributed by atoms with Gasteiger partial charge in [0, 0.05) is 38.4 Å². The van der Waals surface area contributed by atoms with Gasteiger partial charge in [-0.25, -0.2) is 8.42 Å². The van der Waals surface area contributed by atoms with Crippen LogP contribution in [0.4, 0.5) is 11.4 Å². The second-order valence-electron chi connectivity index (χ2n) is 7.29. The van der Waals surface area contributed by atoms with E-state index in [9.17, 15) is 18.0 Å². The number of aromatic amines is 1. The van der Waals surface area contributed by atoms with E-state index in [1.165, 1.54) is 28.7 Å². The van der Waals surface area contributed by atoms with Gasteiger partial charge in [-0.15, -0.1) is 0 Å². The summed E-state index contributed by atoms with van der Waals surface area (Å²) in [6.07, 6.45) is 3.42. The zero-order valence-corrected chi connectivity index (χ0v) is 17.3. The summed E-state index contributed by atoms with van der Waals surface area (Å²) in [7, 11) is -3.69. The molecule has 9 nitrogen and oxygen atoms in total. The van der Waals surface area contributed by atoms with Gasteiger partial charge in [0.15, 0.2) is 0 Å². The van der Waals surface area contributed by atoms with E-state index in [2.05, 4.69) is 15.2 Å². The number of hydrogen-bond acceptors (Lipinski definition) is 6. The Hall–Kier alpha value is -2.69. The van der Waals surface area contributed by atoms with Gasteiger partial charge in [0.2, 0.25) is 15.6 Å². The smallest absolute Gasteiger partial charge is 0.257 e. The molecule has 0 bridgehead atoms. The van der Waals surface area contributed by atoms with Crippen LogP contribution in [0.1, 0.15) is 23.2 Å². The summed E-state index contributed by atoms with van der Waals surface area (Å²) in [5.74, 6) is -0.424. The number of hydrogen-bond donors (Lipinski definition) is 2. The molecule has 10 heteroatoms. The highest BCUT2D eigenvalue weighted by Gasteiger charge is 2.28. The van der Waals surface area contributed by atoms with E-state index >= 15 is 0 Å². The van der Waals surface area contributed by atoms with E-state index in [0.717, 1.165) is 31.6 Å². The molecule has 160 valence electrons. The van der Waals surface area contributed by atoms with Gasteiger partial charge in [0.1, 0.15) is 0 Å². The van der Waals surface area contributed by atoms with Gasteiger partial charge >= 0.3 is 0 Å². The van der Waals surface area contributed by atoms with Gasteiger partial charge in [-0.1, -0.05) is 0 Å². The number of morpholine rings is 1. The molecule has 2 N–H and O–H groups in total. The van der Waals surface area contributed by atoms with E-state index in [-0.39, 0.29) is 16.0 Å². The van der Waals surface area contributed by atoms with Crippen molar-refractivity contribution in [3.63, 3.8) is 0 Å². The molecule has 0 saturated carbocycles. The second-order valence-corrected chi connectivity index (χ2v) is 9.22. The van der Waals surface area contributed by atoms with Crippen molar-refractivity contribution in [2.45, 2.75) is 17.7 Å². The van der Waals surface area contributed by atoms with Crippen LogP contribution in [0.5, 0.6) is 0 Å². The molecular formula is C20H24N4O5S. The van der Waals surface area contributed by atoms with Crippen molar-refractivity contribution in [2.24, 2.45) is 0 Å². The van der Waals surface area contributed by atoms with Crippen LogP contribution in [0.15, 0.2) is 46.2 Å². The Morgan fingerprint density at radius 2 is 1.77 bits per heavy atom. The monoisotopic (exact) mass is 432 g/mol. The number of benzene rings is 1. The van der Waals surface area contributed by atoms with Crippen molar-refractivity contribution in [3.8, 4) is 0 Å². The molecule has 0 aliphatic carbocycles. The van der Waals surface area contributed by atoms with Crippen LogP contribution in [0.25, 0.3) is 0 Å². The number of anilines is 2. The normalized spacial score (nSPS) is 17.8. The summed E-state index contributed by atoms with van der Waals surface area (Å²) in [5, 5.41) is 2.83. The first kappa shape index (κ1) is 20.6. The number of H-pyrrole nitrogens is 1. The lowest BCUT2D eigenvalue weighted by molar-refractivity contribution is 0.0730. The van der Waals surface area contributed by atoms with Gasteiger partial charge in [0.25, 0.3) is 5.91 Å². The third-order valence-corrected chi connectivity index (χ3v) is 7.21. The summed E-state index contributed by atoms with van der Waals surface area (Å²) >= 11 is 0. The predicted octanol–water partition coefficient (Wildman–Crippen LogP) is 1.25. The fraction of sp³-hybridized carbons (Fsp3) is 0.400. The highest BCUT2D eigenvalue weighted by atomic mass is 32.2. The minimum atomic E-state index is -3.69. The summed E-state index contributed by atoms with van der Waals surface area (Å²) in [5.41, 5.74) is 1.19. The Bertz CT molecular complexity index is 1070. The van der Waals surface area contributed by atoms with Gasteiger partial charge in [0.05, 0.1) is 35.0 Å². The summed E-state index contributed by atoms with van der Waals surface area (Å²) in [6, 6.07) is 7.56. The molecule has 0 unspecified atom stereocenters. The van der Waals surface area contributed by atoms with Crippen molar-refractivity contribution >= 4 is 27.3 Å². The Morgan fingerprint density at radius 3 is 2.43 bits per heavy atom. The SMILES string of the molecule is O=C(Nc1cc(S(=O)(=O)N2CCOCC2)ccc1N1CCCC1)c1ccc(=O)[nH]c1. The Morgan fingerprint density at radius 1 is 1.03 bits per heavy atom. The zero-order valence-electron chi connectivity index (χ0n) is 16.5. The number of aromatic nitrogens is 1. The molecule has 0 atom stereocenters. The quantitative estimate of drug-likeness (QED) is 0.736. The molecule has 3 heterocycles. The molecule has 0 spiro atoms. The Balaban J connectivity index is 1.68. The number of sulfonamides is 1. The molecule has 30 heavy (non-hydrogen) atoms. The highest BCUT2D eigenvalue weighted by molar-refractivity contribution is 7.89. The Kier molecular flexibility index (Phi) is 5.89. The molecular weight excluding hydrogens is 408 g/mol. The molecule has 2 saturated heterocycles. The molecule has 1 aromatic carbocycles. The molecule has 2 aliphatic rings.